The van der Waals surface area contributed by atoms with E-state index >= 15 is 0 Å². The van der Waals surface area contributed by atoms with E-state index in [0.717, 1.165) is 17.0 Å². The minimum atomic E-state index is -0.352. The first-order chi connectivity index (χ1) is 10.9. The summed E-state index contributed by atoms with van der Waals surface area (Å²) in [4.78, 5) is 12.2. The molecule has 0 bridgehead atoms. The monoisotopic (exact) mass is 336 g/mol. The van der Waals surface area contributed by atoms with Crippen molar-refractivity contribution in [2.45, 2.75) is 27.3 Å². The van der Waals surface area contributed by atoms with Gasteiger partial charge in [-0.3, -0.25) is 4.68 Å². The Hall–Kier alpha value is -2.05. The second-order valence-corrected chi connectivity index (χ2v) is 5.66. The third-order valence-corrected chi connectivity index (χ3v) is 4.07. The summed E-state index contributed by atoms with van der Waals surface area (Å²) >= 11 is 6.19. The number of amides is 2. The van der Waals surface area contributed by atoms with Crippen molar-refractivity contribution in [1.29, 1.82) is 0 Å². The van der Waals surface area contributed by atoms with E-state index in [1.54, 1.807) is 13.2 Å². The molecule has 0 unspecified atom stereocenters. The van der Waals surface area contributed by atoms with Crippen molar-refractivity contribution in [3.8, 4) is 0 Å². The van der Waals surface area contributed by atoms with Crippen LogP contribution in [0.1, 0.15) is 17.0 Å². The molecule has 0 aliphatic rings. The molecule has 1 aromatic carbocycles. The van der Waals surface area contributed by atoms with Gasteiger partial charge in [-0.05, 0) is 32.4 Å². The molecule has 0 fully saturated rings. The zero-order valence-corrected chi connectivity index (χ0v) is 14.5. The summed E-state index contributed by atoms with van der Waals surface area (Å²) < 4.78 is 6.87. The third kappa shape index (κ3) is 4.03. The number of ether oxygens (including phenoxy) is 1. The lowest BCUT2D eigenvalue weighted by molar-refractivity contribution is 0.182. The number of hydrogen-bond donors (Lipinski definition) is 2. The molecule has 1 aromatic heterocycles. The van der Waals surface area contributed by atoms with Crippen molar-refractivity contribution in [2.75, 3.05) is 24.4 Å². The maximum Gasteiger partial charge on any atom is 0.323 e. The minimum Gasteiger partial charge on any atom is -0.383 e. The first kappa shape index (κ1) is 17.3. The number of carbonyl (C=O) groups excluding carboxylic acids is 1. The number of aromatic nitrogens is 2. The zero-order valence-electron chi connectivity index (χ0n) is 13.7. The number of nitrogens with zero attached hydrogens (tertiary/aromatic N) is 2. The number of benzene rings is 1. The smallest absolute Gasteiger partial charge is 0.323 e. The fourth-order valence-corrected chi connectivity index (χ4v) is 2.46. The fourth-order valence-electron chi connectivity index (χ4n) is 2.28. The minimum absolute atomic E-state index is 0.352. The molecule has 0 aliphatic heterocycles. The van der Waals surface area contributed by atoms with Crippen LogP contribution < -0.4 is 10.6 Å². The van der Waals surface area contributed by atoms with Gasteiger partial charge in [-0.15, -0.1) is 0 Å². The molecular formula is C16H21ClN4O2. The number of rotatable bonds is 5. The molecule has 0 spiro atoms. The average Bonchev–Trinajstić information content (AvgIpc) is 2.77. The maximum atomic E-state index is 12.2. The Bertz CT molecular complexity index is 712. The molecule has 2 rings (SSSR count). The summed E-state index contributed by atoms with van der Waals surface area (Å²) in [5.41, 5.74) is 3.81. The van der Waals surface area contributed by atoms with E-state index in [-0.39, 0.29) is 6.03 Å². The molecule has 2 amide bonds. The number of aryl methyl sites for hydroxylation is 2. The molecule has 7 heteroatoms. The largest absolute Gasteiger partial charge is 0.383 e. The number of urea groups is 1. The Balaban J connectivity index is 2.11. The highest BCUT2D eigenvalue weighted by Crippen LogP contribution is 2.26. The van der Waals surface area contributed by atoms with Gasteiger partial charge in [0.2, 0.25) is 0 Å². The van der Waals surface area contributed by atoms with Crippen LogP contribution >= 0.6 is 11.6 Å². The number of halogens is 1. The third-order valence-electron chi connectivity index (χ3n) is 3.57. The van der Waals surface area contributed by atoms with Crippen molar-refractivity contribution in [1.82, 2.24) is 9.78 Å². The molecular weight excluding hydrogens is 316 g/mol. The summed E-state index contributed by atoms with van der Waals surface area (Å²) in [5.74, 6) is 0. The van der Waals surface area contributed by atoms with Gasteiger partial charge in [0, 0.05) is 7.11 Å². The van der Waals surface area contributed by atoms with Crippen LogP contribution in [0, 0.1) is 20.8 Å². The van der Waals surface area contributed by atoms with Crippen molar-refractivity contribution in [3.05, 3.63) is 40.2 Å². The van der Waals surface area contributed by atoms with Gasteiger partial charge >= 0.3 is 6.03 Å². The second kappa shape index (κ2) is 7.48. The van der Waals surface area contributed by atoms with E-state index in [4.69, 9.17) is 16.3 Å². The van der Waals surface area contributed by atoms with Crippen LogP contribution in [-0.4, -0.2) is 29.5 Å². The molecule has 0 saturated carbocycles. The highest BCUT2D eigenvalue weighted by molar-refractivity contribution is 6.34. The Morgan fingerprint density at radius 1 is 1.30 bits per heavy atom. The van der Waals surface area contributed by atoms with Crippen molar-refractivity contribution in [2.24, 2.45) is 0 Å². The van der Waals surface area contributed by atoms with E-state index < -0.39 is 0 Å². The fraction of sp³-hybridized carbons (Fsp3) is 0.375. The maximum absolute atomic E-state index is 12.2. The summed E-state index contributed by atoms with van der Waals surface area (Å²) in [6, 6.07) is 5.14. The Morgan fingerprint density at radius 2 is 2.04 bits per heavy atom. The van der Waals surface area contributed by atoms with Gasteiger partial charge in [0.1, 0.15) is 0 Å². The summed E-state index contributed by atoms with van der Waals surface area (Å²) in [6.07, 6.45) is 0. The van der Waals surface area contributed by atoms with E-state index in [1.165, 1.54) is 0 Å². The van der Waals surface area contributed by atoms with Gasteiger partial charge in [-0.2, -0.15) is 5.10 Å². The Kier molecular flexibility index (Phi) is 5.63. The topological polar surface area (TPSA) is 68.2 Å². The van der Waals surface area contributed by atoms with Crippen LogP contribution in [0.4, 0.5) is 16.2 Å². The van der Waals surface area contributed by atoms with Gasteiger partial charge in [0.05, 0.1) is 40.9 Å². The van der Waals surface area contributed by atoms with Crippen LogP contribution in [0.2, 0.25) is 5.02 Å². The van der Waals surface area contributed by atoms with Crippen molar-refractivity contribution >= 4 is 29.0 Å². The predicted molar refractivity (Wildman–Crippen MR) is 92.4 cm³/mol. The first-order valence-corrected chi connectivity index (χ1v) is 7.68. The molecule has 1 heterocycles. The number of carbonyl (C=O) groups is 1. The Morgan fingerprint density at radius 3 is 2.74 bits per heavy atom. The molecule has 0 aliphatic carbocycles. The molecule has 2 N–H and O–H groups in total. The number of hydrogen-bond acceptors (Lipinski definition) is 3. The van der Waals surface area contributed by atoms with Gasteiger partial charge < -0.3 is 15.4 Å². The van der Waals surface area contributed by atoms with E-state index in [9.17, 15) is 4.79 Å². The molecule has 0 atom stereocenters. The average molecular weight is 337 g/mol. The van der Waals surface area contributed by atoms with Gasteiger partial charge in [0.15, 0.2) is 0 Å². The molecule has 124 valence electrons. The number of anilines is 2. The van der Waals surface area contributed by atoms with Gasteiger partial charge in [-0.25, -0.2) is 4.79 Å². The quantitative estimate of drug-likeness (QED) is 0.873. The lowest BCUT2D eigenvalue weighted by Crippen LogP contribution is -2.20. The van der Waals surface area contributed by atoms with Crippen LogP contribution in [0.25, 0.3) is 0 Å². The lowest BCUT2D eigenvalue weighted by atomic mass is 10.2. The summed E-state index contributed by atoms with van der Waals surface area (Å²) in [7, 11) is 1.64. The highest BCUT2D eigenvalue weighted by Gasteiger charge is 2.15. The van der Waals surface area contributed by atoms with Crippen molar-refractivity contribution in [3.63, 3.8) is 0 Å². The van der Waals surface area contributed by atoms with E-state index in [2.05, 4.69) is 15.7 Å². The highest BCUT2D eigenvalue weighted by atomic mass is 35.5. The van der Waals surface area contributed by atoms with Gasteiger partial charge in [0.25, 0.3) is 0 Å². The van der Waals surface area contributed by atoms with Crippen LogP contribution in [0.15, 0.2) is 18.2 Å². The zero-order chi connectivity index (χ0) is 17.0. The van der Waals surface area contributed by atoms with Crippen LogP contribution in [0.5, 0.6) is 0 Å². The SMILES string of the molecule is COCCn1nc(C)c(NC(=O)Nc2cccc(C)c2Cl)c1C. The normalized spacial score (nSPS) is 10.7. The van der Waals surface area contributed by atoms with Gasteiger partial charge in [-0.1, -0.05) is 23.7 Å². The van der Waals surface area contributed by atoms with Crippen LogP contribution in [0.3, 0.4) is 0 Å². The molecule has 0 radical (unpaired) electrons. The van der Waals surface area contributed by atoms with Crippen LogP contribution in [-0.2, 0) is 11.3 Å². The second-order valence-electron chi connectivity index (χ2n) is 5.28. The van der Waals surface area contributed by atoms with E-state index in [1.807, 2.05) is 37.6 Å². The molecule has 0 saturated heterocycles. The van der Waals surface area contributed by atoms with Crippen molar-refractivity contribution < 1.29 is 9.53 Å². The standard InChI is InChI=1S/C16H21ClN4O2/c1-10-6-5-7-13(14(10)17)18-16(22)19-15-11(2)20-21(12(15)3)8-9-23-4/h5-7H,8-9H2,1-4H3,(H2,18,19,22). The molecule has 23 heavy (non-hydrogen) atoms. The predicted octanol–water partition coefficient (Wildman–Crippen LogP) is 3.75. The Labute approximate surface area is 140 Å². The number of nitrogens with one attached hydrogen (secondary N) is 2. The molecule has 2 aromatic rings. The summed E-state index contributed by atoms with van der Waals surface area (Å²) in [5, 5.41) is 10.5. The van der Waals surface area contributed by atoms with E-state index in [0.29, 0.717) is 29.5 Å². The number of methoxy groups -OCH3 is 1. The molecule has 6 nitrogen and oxygen atoms in total. The lowest BCUT2D eigenvalue weighted by Gasteiger charge is -2.11. The first-order valence-electron chi connectivity index (χ1n) is 7.30. The summed E-state index contributed by atoms with van der Waals surface area (Å²) in [6.45, 7) is 6.85.